The van der Waals surface area contributed by atoms with Gasteiger partial charge in [-0.05, 0) is 35.4 Å². The van der Waals surface area contributed by atoms with Gasteiger partial charge in [-0.2, -0.15) is 0 Å². The van der Waals surface area contributed by atoms with E-state index in [2.05, 4.69) is 10.3 Å². The van der Waals surface area contributed by atoms with Crippen molar-refractivity contribution in [2.24, 2.45) is 0 Å². The van der Waals surface area contributed by atoms with Crippen LogP contribution >= 0.6 is 0 Å². The molecule has 1 heterocycles. The molecule has 27 heavy (non-hydrogen) atoms. The average Bonchev–Trinajstić information content (AvgIpc) is 3.01. The zero-order valence-corrected chi connectivity index (χ0v) is 14.6. The Kier molecular flexibility index (Phi) is 4.66. The first-order chi connectivity index (χ1) is 13.2. The fourth-order valence-electron chi connectivity index (χ4n) is 3.05. The molecule has 4 aromatic rings. The number of fused-ring (bicyclic) bond motifs is 1. The molecule has 0 saturated heterocycles. The van der Waals surface area contributed by atoms with E-state index in [4.69, 9.17) is 0 Å². The summed E-state index contributed by atoms with van der Waals surface area (Å²) in [5.74, 6) is 0.00204. The number of nitrogens with zero attached hydrogens (tertiary/aromatic N) is 2. The van der Waals surface area contributed by atoms with E-state index in [9.17, 15) is 9.18 Å². The summed E-state index contributed by atoms with van der Waals surface area (Å²) in [7, 11) is 0. The lowest BCUT2D eigenvalue weighted by Gasteiger charge is -2.10. The summed E-state index contributed by atoms with van der Waals surface area (Å²) in [4.78, 5) is 17.1. The lowest BCUT2D eigenvalue weighted by molar-refractivity contribution is -0.115. The Morgan fingerprint density at radius 2 is 1.59 bits per heavy atom. The van der Waals surface area contributed by atoms with Crippen molar-refractivity contribution in [3.8, 4) is 0 Å². The number of carbonyl (C=O) groups excluding carboxylic acids is 1. The van der Waals surface area contributed by atoms with Crippen LogP contribution in [0.2, 0.25) is 0 Å². The number of hydrogen-bond donors (Lipinski definition) is 1. The maximum absolute atomic E-state index is 13.0. The smallest absolute Gasteiger partial charge is 0.231 e. The summed E-state index contributed by atoms with van der Waals surface area (Å²) < 4.78 is 15.0. The predicted octanol–water partition coefficient (Wildman–Crippen LogP) is 4.40. The second-order valence-electron chi connectivity index (χ2n) is 6.35. The van der Waals surface area contributed by atoms with Gasteiger partial charge in [0.15, 0.2) is 0 Å². The molecule has 0 spiro atoms. The normalized spacial score (nSPS) is 10.9. The van der Waals surface area contributed by atoms with Crippen LogP contribution in [0.25, 0.3) is 11.0 Å². The minimum atomic E-state index is -0.316. The third kappa shape index (κ3) is 3.87. The Morgan fingerprint density at radius 3 is 2.37 bits per heavy atom. The number of carbonyl (C=O) groups is 1. The predicted molar refractivity (Wildman–Crippen MR) is 104 cm³/mol. The second kappa shape index (κ2) is 7.41. The topological polar surface area (TPSA) is 46.9 Å². The van der Waals surface area contributed by atoms with Crippen molar-refractivity contribution in [1.29, 1.82) is 0 Å². The van der Waals surface area contributed by atoms with Gasteiger partial charge < -0.3 is 4.57 Å². The Bertz CT molecular complexity index is 1070. The number of amides is 1. The molecule has 0 radical (unpaired) electrons. The number of rotatable bonds is 5. The van der Waals surface area contributed by atoms with Gasteiger partial charge in [0.25, 0.3) is 0 Å². The molecular formula is C22H18FN3O. The summed E-state index contributed by atoms with van der Waals surface area (Å²) >= 11 is 0. The van der Waals surface area contributed by atoms with Crippen molar-refractivity contribution in [2.75, 3.05) is 5.32 Å². The van der Waals surface area contributed by atoms with Gasteiger partial charge >= 0.3 is 0 Å². The Hall–Kier alpha value is -3.47. The molecular weight excluding hydrogens is 341 g/mol. The second-order valence-corrected chi connectivity index (χ2v) is 6.35. The number of para-hydroxylation sites is 2. The monoisotopic (exact) mass is 359 g/mol. The quantitative estimate of drug-likeness (QED) is 0.574. The third-order valence-corrected chi connectivity index (χ3v) is 4.37. The van der Waals surface area contributed by atoms with Crippen LogP contribution < -0.4 is 5.32 Å². The van der Waals surface area contributed by atoms with Crippen LogP contribution in [-0.4, -0.2) is 15.5 Å². The van der Waals surface area contributed by atoms with Crippen LogP contribution in [0.15, 0.2) is 78.9 Å². The maximum atomic E-state index is 13.0. The van der Waals surface area contributed by atoms with Gasteiger partial charge in [-0.1, -0.05) is 54.6 Å². The minimum Gasteiger partial charge on any atom is -0.305 e. The highest BCUT2D eigenvalue weighted by atomic mass is 19.1. The Labute approximate surface area is 156 Å². The molecule has 5 heteroatoms. The molecule has 0 aliphatic rings. The summed E-state index contributed by atoms with van der Waals surface area (Å²) in [6.45, 7) is 0.605. The van der Waals surface area contributed by atoms with E-state index >= 15 is 0 Å². The number of aromatic nitrogens is 2. The van der Waals surface area contributed by atoms with Crippen molar-refractivity contribution in [2.45, 2.75) is 13.0 Å². The summed E-state index contributed by atoms with van der Waals surface area (Å²) in [6, 6.07) is 23.8. The van der Waals surface area contributed by atoms with Gasteiger partial charge in [-0.3, -0.25) is 10.1 Å². The number of halogens is 1. The Balaban J connectivity index is 1.61. The van der Waals surface area contributed by atoms with Gasteiger partial charge in [0.2, 0.25) is 11.9 Å². The summed E-state index contributed by atoms with van der Waals surface area (Å²) in [6.07, 6.45) is 0.162. The van der Waals surface area contributed by atoms with E-state index in [-0.39, 0.29) is 18.1 Å². The molecule has 0 aliphatic heterocycles. The first-order valence-corrected chi connectivity index (χ1v) is 8.72. The molecule has 0 bridgehead atoms. The molecule has 1 N–H and O–H groups in total. The molecule has 3 aromatic carbocycles. The Morgan fingerprint density at radius 1 is 0.889 bits per heavy atom. The van der Waals surface area contributed by atoms with Gasteiger partial charge in [0.05, 0.1) is 24.0 Å². The number of benzene rings is 3. The number of imidazole rings is 1. The average molecular weight is 359 g/mol. The van der Waals surface area contributed by atoms with Gasteiger partial charge in [-0.25, -0.2) is 9.37 Å². The molecule has 134 valence electrons. The van der Waals surface area contributed by atoms with Crippen molar-refractivity contribution >= 4 is 22.9 Å². The van der Waals surface area contributed by atoms with Gasteiger partial charge in [0.1, 0.15) is 5.82 Å². The van der Waals surface area contributed by atoms with Gasteiger partial charge in [-0.15, -0.1) is 0 Å². The largest absolute Gasteiger partial charge is 0.305 e. The molecule has 0 fully saturated rings. The lowest BCUT2D eigenvalue weighted by Crippen LogP contribution is -2.18. The first-order valence-electron chi connectivity index (χ1n) is 8.72. The zero-order valence-electron chi connectivity index (χ0n) is 14.6. The number of anilines is 1. The van der Waals surface area contributed by atoms with E-state index in [0.717, 1.165) is 22.2 Å². The number of hydrogen-bond acceptors (Lipinski definition) is 2. The van der Waals surface area contributed by atoms with E-state index in [1.165, 1.54) is 12.1 Å². The van der Waals surface area contributed by atoms with E-state index in [1.54, 1.807) is 12.1 Å². The lowest BCUT2D eigenvalue weighted by atomic mass is 10.1. The van der Waals surface area contributed by atoms with E-state index < -0.39 is 0 Å². The van der Waals surface area contributed by atoms with Crippen molar-refractivity contribution < 1.29 is 9.18 Å². The molecule has 0 atom stereocenters. The third-order valence-electron chi connectivity index (χ3n) is 4.37. The van der Waals surface area contributed by atoms with Crippen molar-refractivity contribution in [3.63, 3.8) is 0 Å². The fourth-order valence-corrected chi connectivity index (χ4v) is 3.05. The van der Waals surface area contributed by atoms with Crippen LogP contribution in [0.1, 0.15) is 11.1 Å². The molecule has 1 aromatic heterocycles. The first kappa shape index (κ1) is 17.0. The van der Waals surface area contributed by atoms with Gasteiger partial charge in [0, 0.05) is 0 Å². The van der Waals surface area contributed by atoms with Crippen molar-refractivity contribution in [1.82, 2.24) is 9.55 Å². The maximum Gasteiger partial charge on any atom is 0.231 e. The molecule has 4 rings (SSSR count). The van der Waals surface area contributed by atoms with E-state index in [1.807, 2.05) is 59.2 Å². The highest BCUT2D eigenvalue weighted by Crippen LogP contribution is 2.21. The minimum absolute atomic E-state index is 0.162. The summed E-state index contributed by atoms with van der Waals surface area (Å²) in [5.41, 5.74) is 3.65. The SMILES string of the molecule is O=C(Cc1ccc(F)cc1)Nc1nc2ccccc2n1Cc1ccccc1. The molecule has 1 amide bonds. The van der Waals surface area contributed by atoms with Crippen LogP contribution in [0.5, 0.6) is 0 Å². The molecule has 4 nitrogen and oxygen atoms in total. The number of nitrogens with one attached hydrogen (secondary N) is 1. The van der Waals surface area contributed by atoms with Crippen molar-refractivity contribution in [3.05, 3.63) is 95.8 Å². The highest BCUT2D eigenvalue weighted by molar-refractivity contribution is 5.92. The molecule has 0 unspecified atom stereocenters. The molecule has 0 saturated carbocycles. The van der Waals surface area contributed by atoms with Crippen LogP contribution in [0.4, 0.5) is 10.3 Å². The highest BCUT2D eigenvalue weighted by Gasteiger charge is 2.14. The molecule has 0 aliphatic carbocycles. The fraction of sp³-hybridized carbons (Fsp3) is 0.0909. The van der Waals surface area contributed by atoms with E-state index in [0.29, 0.717) is 12.5 Å². The van der Waals surface area contributed by atoms with Crippen LogP contribution in [0, 0.1) is 5.82 Å². The van der Waals surface area contributed by atoms with Crippen LogP contribution in [-0.2, 0) is 17.8 Å². The summed E-state index contributed by atoms with van der Waals surface area (Å²) in [5, 5.41) is 2.90. The standard InChI is InChI=1S/C22H18FN3O/c23-18-12-10-16(11-13-18)14-21(27)25-22-24-19-8-4-5-9-20(19)26(22)15-17-6-2-1-3-7-17/h1-13H,14-15H2,(H,24,25,27). The zero-order chi connectivity index (χ0) is 18.6. The van der Waals surface area contributed by atoms with Crippen LogP contribution in [0.3, 0.4) is 0 Å².